The number of nitrogens with zero attached hydrogens (tertiary/aromatic N) is 2. The maximum absolute atomic E-state index is 6.35. The second-order valence-corrected chi connectivity index (χ2v) is 6.34. The van der Waals surface area contributed by atoms with Crippen LogP contribution in [0.25, 0.3) is 22.3 Å². The van der Waals surface area contributed by atoms with E-state index in [4.69, 9.17) is 16.3 Å². The Morgan fingerprint density at radius 2 is 1.86 bits per heavy atom. The van der Waals surface area contributed by atoms with Gasteiger partial charge in [0, 0.05) is 16.7 Å². The number of ether oxygens (including phenoxy) is 1. The molecule has 21 heavy (non-hydrogen) atoms. The van der Waals surface area contributed by atoms with Gasteiger partial charge in [0.1, 0.15) is 10.8 Å². The number of methoxy groups -OCH3 is 1. The van der Waals surface area contributed by atoms with Crippen LogP contribution in [-0.4, -0.2) is 17.1 Å². The number of halogens is 1. The van der Waals surface area contributed by atoms with Crippen molar-refractivity contribution in [3.05, 3.63) is 39.7 Å². The zero-order valence-corrected chi connectivity index (χ0v) is 13.6. The molecular weight excluding hydrogens is 304 g/mol. The van der Waals surface area contributed by atoms with Crippen molar-refractivity contribution in [3.63, 3.8) is 0 Å². The first-order chi connectivity index (χ1) is 10.1. The second kappa shape index (κ2) is 5.62. The van der Waals surface area contributed by atoms with E-state index >= 15 is 0 Å². The van der Waals surface area contributed by atoms with E-state index in [-0.39, 0.29) is 0 Å². The molecule has 0 saturated carbocycles. The van der Waals surface area contributed by atoms with E-state index in [1.807, 2.05) is 29.6 Å². The summed E-state index contributed by atoms with van der Waals surface area (Å²) >= 11 is 8.01. The molecule has 0 atom stereocenters. The summed E-state index contributed by atoms with van der Waals surface area (Å²) in [5.74, 6) is 1.06. The summed E-state index contributed by atoms with van der Waals surface area (Å²) in [7, 11) is 1.60. The molecule has 3 aromatic rings. The molecule has 2 aromatic heterocycles. The summed E-state index contributed by atoms with van der Waals surface area (Å²) in [6, 6.07) is 7.80. The molecule has 1 aromatic carbocycles. The van der Waals surface area contributed by atoms with Gasteiger partial charge in [0.05, 0.1) is 29.0 Å². The van der Waals surface area contributed by atoms with Crippen molar-refractivity contribution >= 4 is 33.8 Å². The van der Waals surface area contributed by atoms with Crippen LogP contribution in [0.4, 0.5) is 0 Å². The predicted octanol–water partition coefficient (Wildman–Crippen LogP) is 5.14. The second-order valence-electron chi connectivity index (χ2n) is 5.08. The number of aromatic nitrogens is 2. The Morgan fingerprint density at radius 1 is 1.10 bits per heavy atom. The molecule has 0 aliphatic rings. The van der Waals surface area contributed by atoms with Gasteiger partial charge in [-0.3, -0.25) is 0 Å². The molecular formula is C16H15ClN2OS. The fourth-order valence-electron chi connectivity index (χ4n) is 2.11. The Kier molecular flexibility index (Phi) is 3.83. The lowest BCUT2D eigenvalue weighted by molar-refractivity contribution is 0.415. The van der Waals surface area contributed by atoms with Crippen LogP contribution in [0.3, 0.4) is 0 Å². The number of pyridine rings is 1. The van der Waals surface area contributed by atoms with Crippen molar-refractivity contribution in [2.75, 3.05) is 7.11 Å². The van der Waals surface area contributed by atoms with Crippen molar-refractivity contribution in [1.82, 2.24) is 9.97 Å². The normalized spacial score (nSPS) is 11.3. The Hall–Kier alpha value is -1.65. The first kappa shape index (κ1) is 14.3. The molecule has 2 heterocycles. The van der Waals surface area contributed by atoms with Gasteiger partial charge in [0.15, 0.2) is 0 Å². The Labute approximate surface area is 132 Å². The van der Waals surface area contributed by atoms with Gasteiger partial charge in [0.2, 0.25) is 0 Å². The van der Waals surface area contributed by atoms with Crippen molar-refractivity contribution in [3.8, 4) is 17.1 Å². The lowest BCUT2D eigenvalue weighted by Crippen LogP contribution is -1.91. The average Bonchev–Trinajstić information content (AvgIpc) is 2.97. The first-order valence-electron chi connectivity index (χ1n) is 6.69. The molecule has 3 nitrogen and oxygen atoms in total. The number of benzene rings is 1. The van der Waals surface area contributed by atoms with Crippen LogP contribution in [0.5, 0.6) is 5.75 Å². The quantitative estimate of drug-likeness (QED) is 0.670. The van der Waals surface area contributed by atoms with Gasteiger partial charge < -0.3 is 4.74 Å². The highest BCUT2D eigenvalue weighted by atomic mass is 35.5. The molecule has 108 valence electrons. The highest BCUT2D eigenvalue weighted by molar-refractivity contribution is 7.10. The summed E-state index contributed by atoms with van der Waals surface area (Å²) in [6.45, 7) is 4.27. The molecule has 5 heteroatoms. The highest BCUT2D eigenvalue weighted by Gasteiger charge is 2.12. The van der Waals surface area contributed by atoms with Crippen LogP contribution < -0.4 is 4.74 Å². The summed E-state index contributed by atoms with van der Waals surface area (Å²) < 4.78 is 5.25. The van der Waals surface area contributed by atoms with Gasteiger partial charge in [-0.25, -0.2) is 9.97 Å². The zero-order valence-electron chi connectivity index (χ0n) is 12.1. The van der Waals surface area contributed by atoms with Crippen molar-refractivity contribution in [2.24, 2.45) is 0 Å². The van der Waals surface area contributed by atoms with E-state index in [0.717, 1.165) is 27.3 Å². The van der Waals surface area contributed by atoms with Crippen LogP contribution >= 0.6 is 22.9 Å². The minimum absolute atomic E-state index is 0.424. The predicted molar refractivity (Wildman–Crippen MR) is 88.5 cm³/mol. The van der Waals surface area contributed by atoms with Gasteiger partial charge >= 0.3 is 0 Å². The SMILES string of the molecule is COc1ccc2ccc(-c3csc(C(C)C)n3)nc2c1Cl. The van der Waals surface area contributed by atoms with Crippen molar-refractivity contribution in [1.29, 1.82) is 0 Å². The van der Waals surface area contributed by atoms with E-state index in [9.17, 15) is 0 Å². The van der Waals surface area contributed by atoms with Crippen LogP contribution in [0.1, 0.15) is 24.8 Å². The molecule has 0 amide bonds. The van der Waals surface area contributed by atoms with Gasteiger partial charge in [-0.2, -0.15) is 0 Å². The maximum Gasteiger partial charge on any atom is 0.139 e. The first-order valence-corrected chi connectivity index (χ1v) is 7.95. The number of hydrogen-bond acceptors (Lipinski definition) is 4. The zero-order chi connectivity index (χ0) is 15.0. The lowest BCUT2D eigenvalue weighted by Gasteiger charge is -2.07. The number of rotatable bonds is 3. The number of hydrogen-bond donors (Lipinski definition) is 0. The van der Waals surface area contributed by atoms with E-state index in [2.05, 4.69) is 23.8 Å². The number of fused-ring (bicyclic) bond motifs is 1. The Balaban J connectivity index is 2.13. The van der Waals surface area contributed by atoms with E-state index in [1.165, 1.54) is 0 Å². The minimum atomic E-state index is 0.424. The molecule has 0 unspecified atom stereocenters. The molecule has 0 spiro atoms. The minimum Gasteiger partial charge on any atom is -0.495 e. The molecule has 0 saturated heterocycles. The summed E-state index contributed by atoms with van der Waals surface area (Å²) in [5, 5.41) is 4.68. The molecule has 3 rings (SSSR count). The van der Waals surface area contributed by atoms with Gasteiger partial charge in [0.25, 0.3) is 0 Å². The fraction of sp³-hybridized carbons (Fsp3) is 0.250. The smallest absolute Gasteiger partial charge is 0.139 e. The molecule has 0 N–H and O–H groups in total. The van der Waals surface area contributed by atoms with E-state index < -0.39 is 0 Å². The van der Waals surface area contributed by atoms with E-state index in [1.54, 1.807) is 18.4 Å². The third kappa shape index (κ3) is 2.61. The van der Waals surface area contributed by atoms with Crippen LogP contribution in [0, 0.1) is 0 Å². The third-order valence-electron chi connectivity index (χ3n) is 3.26. The Morgan fingerprint density at radius 3 is 2.52 bits per heavy atom. The fourth-order valence-corrected chi connectivity index (χ4v) is 3.23. The van der Waals surface area contributed by atoms with Crippen molar-refractivity contribution in [2.45, 2.75) is 19.8 Å². The van der Waals surface area contributed by atoms with Crippen molar-refractivity contribution < 1.29 is 4.74 Å². The van der Waals surface area contributed by atoms with E-state index in [0.29, 0.717) is 16.7 Å². The average molecular weight is 319 g/mol. The van der Waals surface area contributed by atoms with Gasteiger partial charge in [-0.1, -0.05) is 31.5 Å². The third-order valence-corrected chi connectivity index (χ3v) is 4.77. The monoisotopic (exact) mass is 318 g/mol. The van der Waals surface area contributed by atoms with Gasteiger partial charge in [-0.15, -0.1) is 11.3 Å². The molecule has 0 fully saturated rings. The number of thiazole rings is 1. The Bertz CT molecular complexity index is 798. The molecule has 0 radical (unpaired) electrons. The van der Waals surface area contributed by atoms with Crippen LogP contribution in [0.15, 0.2) is 29.6 Å². The standard InChI is InChI=1S/C16H15ClN2OS/c1-9(2)16-19-12(8-21-16)11-6-4-10-5-7-13(20-3)14(17)15(10)18-11/h4-9H,1-3H3. The molecule has 0 aliphatic heterocycles. The largest absolute Gasteiger partial charge is 0.495 e. The van der Waals surface area contributed by atoms with Gasteiger partial charge in [-0.05, 0) is 18.2 Å². The summed E-state index contributed by atoms with van der Waals surface area (Å²) in [4.78, 5) is 9.30. The lowest BCUT2D eigenvalue weighted by atomic mass is 10.1. The highest BCUT2D eigenvalue weighted by Crippen LogP contribution is 2.33. The topological polar surface area (TPSA) is 35.0 Å². The molecule has 0 bridgehead atoms. The molecule has 0 aliphatic carbocycles. The van der Waals surface area contributed by atoms with Crippen LogP contribution in [-0.2, 0) is 0 Å². The van der Waals surface area contributed by atoms with Crippen LogP contribution in [0.2, 0.25) is 5.02 Å². The summed E-state index contributed by atoms with van der Waals surface area (Å²) in [6.07, 6.45) is 0. The summed E-state index contributed by atoms with van der Waals surface area (Å²) in [5.41, 5.74) is 2.47. The maximum atomic E-state index is 6.35.